The first-order valence-electron chi connectivity index (χ1n) is 5.79. The summed E-state index contributed by atoms with van der Waals surface area (Å²) in [6.45, 7) is 0. The summed E-state index contributed by atoms with van der Waals surface area (Å²) in [7, 11) is 0. The van der Waals surface area contributed by atoms with Gasteiger partial charge in [0.1, 0.15) is 0 Å². The summed E-state index contributed by atoms with van der Waals surface area (Å²) in [5.41, 5.74) is 1.73. The predicted molar refractivity (Wildman–Crippen MR) is 79.7 cm³/mol. The molecule has 0 heterocycles. The van der Waals surface area contributed by atoms with Crippen molar-refractivity contribution in [2.75, 3.05) is 0 Å². The zero-order valence-corrected chi connectivity index (χ0v) is 12.4. The second-order valence-corrected chi connectivity index (χ2v) is 5.53. The summed E-state index contributed by atoms with van der Waals surface area (Å²) in [5.74, 6) is -1.41. The van der Waals surface area contributed by atoms with Gasteiger partial charge in [0.2, 0.25) is 0 Å². The van der Waals surface area contributed by atoms with Crippen molar-refractivity contribution in [2.45, 2.75) is 12.3 Å². The number of carboxylic acids is 1. The molecule has 19 heavy (non-hydrogen) atoms. The van der Waals surface area contributed by atoms with Crippen molar-refractivity contribution >= 4 is 33.5 Å². The Kier molecular flexibility index (Phi) is 4.61. The van der Waals surface area contributed by atoms with E-state index in [1.54, 1.807) is 24.3 Å². The fourth-order valence-corrected chi connectivity index (χ4v) is 2.50. The van der Waals surface area contributed by atoms with E-state index in [-0.39, 0.29) is 0 Å². The Morgan fingerprint density at radius 1 is 1.16 bits per heavy atom. The molecule has 1 unspecified atom stereocenters. The summed E-state index contributed by atoms with van der Waals surface area (Å²) in [6, 6.07) is 14.6. The molecule has 0 saturated heterocycles. The summed E-state index contributed by atoms with van der Waals surface area (Å²) in [4.78, 5) is 11.5. The molecular formula is C15H12BrClO2. The van der Waals surface area contributed by atoms with Crippen LogP contribution in [0.3, 0.4) is 0 Å². The molecule has 0 amide bonds. The third kappa shape index (κ3) is 3.58. The van der Waals surface area contributed by atoms with Gasteiger partial charge in [0, 0.05) is 9.50 Å². The molecule has 98 valence electrons. The van der Waals surface area contributed by atoms with Crippen molar-refractivity contribution in [3.05, 3.63) is 69.2 Å². The molecule has 0 spiro atoms. The van der Waals surface area contributed by atoms with Gasteiger partial charge in [-0.25, -0.2) is 0 Å². The minimum Gasteiger partial charge on any atom is -0.481 e. The summed E-state index contributed by atoms with van der Waals surface area (Å²) < 4.78 is 0.926. The standard InChI is InChI=1S/C15H12BrClO2/c16-14-4-2-1-3-11(14)9-13(15(18)19)10-5-7-12(17)8-6-10/h1-8,13H,9H2,(H,18,19). The molecule has 0 aliphatic carbocycles. The number of rotatable bonds is 4. The van der Waals surface area contributed by atoms with E-state index < -0.39 is 11.9 Å². The summed E-state index contributed by atoms with van der Waals surface area (Å²) >= 11 is 9.27. The molecule has 0 aliphatic heterocycles. The maximum Gasteiger partial charge on any atom is 0.311 e. The van der Waals surface area contributed by atoms with E-state index in [0.29, 0.717) is 11.4 Å². The normalized spacial score (nSPS) is 12.1. The first-order valence-corrected chi connectivity index (χ1v) is 6.96. The van der Waals surface area contributed by atoms with Crippen LogP contribution < -0.4 is 0 Å². The molecule has 4 heteroatoms. The minimum atomic E-state index is -0.835. The van der Waals surface area contributed by atoms with Crippen LogP contribution in [0.25, 0.3) is 0 Å². The SMILES string of the molecule is O=C(O)C(Cc1ccccc1Br)c1ccc(Cl)cc1. The molecule has 1 N–H and O–H groups in total. The van der Waals surface area contributed by atoms with Gasteiger partial charge in [0.05, 0.1) is 5.92 Å². The number of hydrogen-bond acceptors (Lipinski definition) is 1. The Hall–Kier alpha value is -1.32. The number of benzene rings is 2. The van der Waals surface area contributed by atoms with Crippen LogP contribution in [0.5, 0.6) is 0 Å². The maximum absolute atomic E-state index is 11.5. The monoisotopic (exact) mass is 338 g/mol. The van der Waals surface area contributed by atoms with Gasteiger partial charge in [-0.15, -0.1) is 0 Å². The number of carboxylic acid groups (broad SMARTS) is 1. The quantitative estimate of drug-likeness (QED) is 0.889. The summed E-state index contributed by atoms with van der Waals surface area (Å²) in [5, 5.41) is 10.0. The van der Waals surface area contributed by atoms with Crippen molar-refractivity contribution in [2.24, 2.45) is 0 Å². The molecule has 2 rings (SSSR count). The highest BCUT2D eigenvalue weighted by Crippen LogP contribution is 2.26. The van der Waals surface area contributed by atoms with Crippen LogP contribution in [0.15, 0.2) is 53.0 Å². The first kappa shape index (κ1) is 14.1. The Balaban J connectivity index is 2.29. The van der Waals surface area contributed by atoms with Crippen LogP contribution in [-0.2, 0) is 11.2 Å². The second kappa shape index (κ2) is 6.22. The highest BCUT2D eigenvalue weighted by atomic mass is 79.9. The molecular weight excluding hydrogens is 328 g/mol. The fourth-order valence-electron chi connectivity index (χ4n) is 1.93. The Bertz CT molecular complexity index is 581. The van der Waals surface area contributed by atoms with E-state index in [9.17, 15) is 9.90 Å². The zero-order chi connectivity index (χ0) is 13.8. The molecule has 0 fully saturated rings. The average Bonchev–Trinajstić information content (AvgIpc) is 2.39. The zero-order valence-electron chi connectivity index (χ0n) is 10.0. The molecule has 0 saturated carbocycles. The lowest BCUT2D eigenvalue weighted by Crippen LogP contribution is -2.14. The van der Waals surface area contributed by atoms with Crippen LogP contribution in [-0.4, -0.2) is 11.1 Å². The van der Waals surface area contributed by atoms with Crippen molar-refractivity contribution in [3.8, 4) is 0 Å². The van der Waals surface area contributed by atoms with E-state index in [1.807, 2.05) is 24.3 Å². The van der Waals surface area contributed by atoms with Gasteiger partial charge in [-0.1, -0.05) is 57.9 Å². The molecule has 0 bridgehead atoms. The smallest absolute Gasteiger partial charge is 0.311 e. The van der Waals surface area contributed by atoms with E-state index in [4.69, 9.17) is 11.6 Å². The molecule has 2 nitrogen and oxygen atoms in total. The highest BCUT2D eigenvalue weighted by molar-refractivity contribution is 9.10. The molecule has 2 aromatic rings. The van der Waals surface area contributed by atoms with E-state index in [2.05, 4.69) is 15.9 Å². The van der Waals surface area contributed by atoms with E-state index >= 15 is 0 Å². The first-order chi connectivity index (χ1) is 9.08. The van der Waals surface area contributed by atoms with Gasteiger partial charge in [-0.3, -0.25) is 4.79 Å². The molecule has 0 aromatic heterocycles. The third-order valence-electron chi connectivity index (χ3n) is 2.95. The Morgan fingerprint density at radius 3 is 2.37 bits per heavy atom. The van der Waals surface area contributed by atoms with E-state index in [0.717, 1.165) is 15.6 Å². The molecule has 0 radical (unpaired) electrons. The Labute approximate surface area is 125 Å². The van der Waals surface area contributed by atoms with Crippen molar-refractivity contribution in [1.29, 1.82) is 0 Å². The third-order valence-corrected chi connectivity index (χ3v) is 3.98. The van der Waals surface area contributed by atoms with Gasteiger partial charge in [0.15, 0.2) is 0 Å². The lowest BCUT2D eigenvalue weighted by Gasteiger charge is -2.14. The van der Waals surface area contributed by atoms with Crippen LogP contribution >= 0.6 is 27.5 Å². The second-order valence-electron chi connectivity index (χ2n) is 4.24. The number of halogens is 2. The minimum absolute atomic E-state index is 0.443. The van der Waals surface area contributed by atoms with Crippen LogP contribution in [0, 0.1) is 0 Å². The molecule has 2 aromatic carbocycles. The lowest BCUT2D eigenvalue weighted by molar-refractivity contribution is -0.138. The molecule has 1 atom stereocenters. The van der Waals surface area contributed by atoms with Gasteiger partial charge in [-0.2, -0.15) is 0 Å². The lowest BCUT2D eigenvalue weighted by atomic mass is 9.92. The van der Waals surface area contributed by atoms with Gasteiger partial charge >= 0.3 is 5.97 Å². The highest BCUT2D eigenvalue weighted by Gasteiger charge is 2.21. The number of hydrogen-bond donors (Lipinski definition) is 1. The van der Waals surface area contributed by atoms with Gasteiger partial charge in [0.25, 0.3) is 0 Å². The van der Waals surface area contributed by atoms with E-state index in [1.165, 1.54) is 0 Å². The largest absolute Gasteiger partial charge is 0.481 e. The summed E-state index contributed by atoms with van der Waals surface area (Å²) in [6.07, 6.45) is 0.443. The maximum atomic E-state index is 11.5. The van der Waals surface area contributed by atoms with Crippen LogP contribution in [0.4, 0.5) is 0 Å². The molecule has 0 aliphatic rings. The topological polar surface area (TPSA) is 37.3 Å². The fraction of sp³-hybridized carbons (Fsp3) is 0.133. The van der Waals surface area contributed by atoms with Crippen LogP contribution in [0.1, 0.15) is 17.0 Å². The van der Waals surface area contributed by atoms with Crippen molar-refractivity contribution in [1.82, 2.24) is 0 Å². The Morgan fingerprint density at radius 2 is 1.79 bits per heavy atom. The predicted octanol–water partition coefficient (Wildman–Crippen LogP) is 4.51. The number of carbonyl (C=O) groups is 1. The number of aliphatic carboxylic acids is 1. The van der Waals surface area contributed by atoms with Crippen molar-refractivity contribution in [3.63, 3.8) is 0 Å². The van der Waals surface area contributed by atoms with Gasteiger partial charge in [-0.05, 0) is 35.7 Å². The van der Waals surface area contributed by atoms with Gasteiger partial charge < -0.3 is 5.11 Å². The van der Waals surface area contributed by atoms with Crippen LogP contribution in [0.2, 0.25) is 5.02 Å². The van der Waals surface area contributed by atoms with Crippen molar-refractivity contribution < 1.29 is 9.90 Å². The average molecular weight is 340 g/mol.